The van der Waals surface area contributed by atoms with E-state index in [9.17, 15) is 14.7 Å². The van der Waals surface area contributed by atoms with Crippen LogP contribution in [0.2, 0.25) is 0 Å². The minimum atomic E-state index is -0.991. The number of nitrogens with zero attached hydrogens (tertiary/aromatic N) is 2. The van der Waals surface area contributed by atoms with Crippen molar-refractivity contribution in [3.05, 3.63) is 65.7 Å². The summed E-state index contributed by atoms with van der Waals surface area (Å²) < 4.78 is 0. The van der Waals surface area contributed by atoms with Gasteiger partial charge < -0.3 is 31.3 Å². The monoisotopic (exact) mass is 504 g/mol. The summed E-state index contributed by atoms with van der Waals surface area (Å²) in [4.78, 5) is 31.3. The molecule has 186 valence electrons. The topological polar surface area (TPSA) is 118 Å². The zero-order chi connectivity index (χ0) is 25.8. The van der Waals surface area contributed by atoms with Gasteiger partial charge in [0.05, 0.1) is 33.9 Å². The fraction of sp³-hybridized carbons (Fsp3) is 0.192. The molecule has 1 aliphatic heterocycles. The number of carbonyl (C=O) groups excluding carboxylic acids is 1. The lowest BCUT2D eigenvalue weighted by molar-refractivity contribution is 0.0696. The number of carboxylic acid groups (broad SMARTS) is 1. The Bertz CT molecular complexity index is 1330. The van der Waals surface area contributed by atoms with Crippen LogP contribution in [0.1, 0.15) is 34.6 Å². The van der Waals surface area contributed by atoms with Crippen molar-refractivity contribution >= 4 is 65.3 Å². The number of hydrogen-bond acceptors (Lipinski definition) is 8. The summed E-state index contributed by atoms with van der Waals surface area (Å²) in [7, 11) is 0. The normalized spacial score (nSPS) is 13.7. The second kappa shape index (κ2) is 10.6. The van der Waals surface area contributed by atoms with E-state index in [0.717, 1.165) is 30.2 Å². The van der Waals surface area contributed by atoms with Crippen LogP contribution in [0.25, 0.3) is 0 Å². The number of fused-ring (bicyclic) bond motifs is 1. The predicted molar refractivity (Wildman–Crippen MR) is 149 cm³/mol. The quantitative estimate of drug-likeness (QED) is 0.172. The Balaban J connectivity index is 1.60. The Hall–Kier alpha value is -4.18. The molecule has 4 rings (SSSR count). The molecule has 10 heteroatoms. The van der Waals surface area contributed by atoms with Crippen molar-refractivity contribution < 1.29 is 14.7 Å². The maximum absolute atomic E-state index is 13.4. The van der Waals surface area contributed by atoms with Crippen molar-refractivity contribution in [3.63, 3.8) is 0 Å². The lowest BCUT2D eigenvalue weighted by Crippen LogP contribution is -2.31. The minimum Gasteiger partial charge on any atom is -0.478 e. The highest BCUT2D eigenvalue weighted by Crippen LogP contribution is 2.37. The third-order valence-electron chi connectivity index (χ3n) is 5.91. The van der Waals surface area contributed by atoms with E-state index in [2.05, 4.69) is 50.5 Å². The van der Waals surface area contributed by atoms with E-state index >= 15 is 0 Å². The van der Waals surface area contributed by atoms with Gasteiger partial charge in [0.1, 0.15) is 0 Å². The first-order chi connectivity index (χ1) is 17.3. The lowest BCUT2D eigenvalue weighted by Gasteiger charge is -2.24. The van der Waals surface area contributed by atoms with Crippen LogP contribution in [-0.4, -0.2) is 43.1 Å². The molecule has 3 aromatic rings. The summed E-state index contributed by atoms with van der Waals surface area (Å²) in [5.74, 6) is -1.24. The van der Waals surface area contributed by atoms with Gasteiger partial charge in [-0.25, -0.2) is 4.79 Å². The predicted octanol–water partition coefficient (Wildman–Crippen LogP) is 5.34. The number of rotatable bonds is 9. The van der Waals surface area contributed by atoms with Gasteiger partial charge in [-0.15, -0.1) is 12.6 Å². The zero-order valence-corrected chi connectivity index (χ0v) is 20.9. The third-order valence-corrected chi connectivity index (χ3v) is 6.27. The number of carboxylic acids is 1. The second-order valence-corrected chi connectivity index (χ2v) is 8.64. The molecular weight excluding hydrogens is 476 g/mol. The van der Waals surface area contributed by atoms with E-state index in [4.69, 9.17) is 0 Å². The zero-order valence-electron chi connectivity index (χ0n) is 20.0. The number of thiol groups is 1. The van der Waals surface area contributed by atoms with Crippen molar-refractivity contribution in [1.82, 2.24) is 0 Å². The average Bonchev–Trinajstić information content (AvgIpc) is 3.25. The fourth-order valence-corrected chi connectivity index (χ4v) is 4.38. The largest absolute Gasteiger partial charge is 0.478 e. The lowest BCUT2D eigenvalue weighted by atomic mass is 10.1. The van der Waals surface area contributed by atoms with Crippen LogP contribution in [0.15, 0.2) is 64.5 Å². The minimum absolute atomic E-state index is 0.194. The van der Waals surface area contributed by atoms with Crippen molar-refractivity contribution in [2.45, 2.75) is 25.0 Å². The van der Waals surface area contributed by atoms with Gasteiger partial charge in [0.25, 0.3) is 5.91 Å². The molecule has 9 nitrogen and oxygen atoms in total. The Labute approximate surface area is 215 Å². The molecule has 0 radical (unpaired) electrons. The first-order valence-corrected chi connectivity index (χ1v) is 11.9. The van der Waals surface area contributed by atoms with Gasteiger partial charge in [0, 0.05) is 29.4 Å². The van der Waals surface area contributed by atoms with Crippen molar-refractivity contribution in [2.24, 2.45) is 4.99 Å². The van der Waals surface area contributed by atoms with Crippen molar-refractivity contribution in [3.8, 4) is 0 Å². The summed E-state index contributed by atoms with van der Waals surface area (Å²) >= 11 is 4.41. The number of aliphatic imine (C=N–C) groups is 1. The molecule has 0 saturated heterocycles. The van der Waals surface area contributed by atoms with Gasteiger partial charge in [-0.3, -0.25) is 9.79 Å². The van der Waals surface area contributed by atoms with Gasteiger partial charge in [-0.2, -0.15) is 0 Å². The standard InChI is InChI=1S/C26H28N6O3S/c1-4-32(5-2)22-14-21-20(30-26(31-21)29-16-8-6-7-15(11-16)25(34)35)13-18(22)24(33)28-17-9-10-19(27-3)23(36)12-17/h6-14,26,29-31,36H,3-5H2,1-2H3,(H,28,33)(H,34,35). The number of hydrogen-bond donors (Lipinski definition) is 6. The van der Waals surface area contributed by atoms with E-state index in [1.807, 2.05) is 26.0 Å². The highest BCUT2D eigenvalue weighted by atomic mass is 32.1. The van der Waals surface area contributed by atoms with E-state index in [1.54, 1.807) is 36.4 Å². The van der Waals surface area contributed by atoms with Gasteiger partial charge in [-0.05, 0) is 69.1 Å². The van der Waals surface area contributed by atoms with Crippen LogP contribution in [0.4, 0.5) is 34.1 Å². The van der Waals surface area contributed by atoms with E-state index in [0.29, 0.717) is 27.5 Å². The Kier molecular flexibility index (Phi) is 7.35. The molecule has 1 atom stereocenters. The molecule has 1 heterocycles. The van der Waals surface area contributed by atoms with Crippen LogP contribution in [0.5, 0.6) is 0 Å². The summed E-state index contributed by atoms with van der Waals surface area (Å²) in [6.45, 7) is 9.06. The molecule has 0 spiro atoms. The van der Waals surface area contributed by atoms with E-state index < -0.39 is 12.3 Å². The molecule has 1 unspecified atom stereocenters. The number of amides is 1. The molecule has 3 aromatic carbocycles. The van der Waals surface area contributed by atoms with Crippen LogP contribution in [0, 0.1) is 0 Å². The van der Waals surface area contributed by atoms with Gasteiger partial charge in [0.2, 0.25) is 0 Å². The van der Waals surface area contributed by atoms with Crippen molar-refractivity contribution in [1.29, 1.82) is 0 Å². The van der Waals surface area contributed by atoms with Crippen LogP contribution in [-0.2, 0) is 0 Å². The first kappa shape index (κ1) is 24.9. The summed E-state index contributed by atoms with van der Waals surface area (Å²) in [5, 5.41) is 22.1. The third kappa shape index (κ3) is 5.23. The molecule has 0 aliphatic carbocycles. The highest BCUT2D eigenvalue weighted by Gasteiger charge is 2.25. The number of nitrogens with one attached hydrogen (secondary N) is 4. The number of carbonyl (C=O) groups is 2. The smallest absolute Gasteiger partial charge is 0.335 e. The molecule has 1 aliphatic rings. The molecule has 0 fully saturated rings. The summed E-state index contributed by atoms with van der Waals surface area (Å²) in [6, 6.07) is 15.6. The van der Waals surface area contributed by atoms with E-state index in [-0.39, 0.29) is 11.5 Å². The first-order valence-electron chi connectivity index (χ1n) is 11.5. The van der Waals surface area contributed by atoms with Gasteiger partial charge in [-0.1, -0.05) is 6.07 Å². The Morgan fingerprint density at radius 1 is 1.06 bits per heavy atom. The Morgan fingerprint density at radius 2 is 1.78 bits per heavy atom. The molecular formula is C26H28N6O3S. The fourth-order valence-electron chi connectivity index (χ4n) is 4.10. The molecule has 36 heavy (non-hydrogen) atoms. The maximum Gasteiger partial charge on any atom is 0.335 e. The van der Waals surface area contributed by atoms with Gasteiger partial charge >= 0.3 is 5.97 Å². The summed E-state index contributed by atoms with van der Waals surface area (Å²) in [5.41, 5.74) is 4.99. The Morgan fingerprint density at radius 3 is 2.42 bits per heavy atom. The molecule has 0 bridgehead atoms. The van der Waals surface area contributed by atoms with Crippen molar-refractivity contribution in [2.75, 3.05) is 39.3 Å². The SMILES string of the molecule is C=Nc1ccc(NC(=O)c2cc3c(cc2N(CC)CC)NC(Nc2cccc(C(=O)O)c2)N3)cc1S. The molecule has 0 saturated carbocycles. The maximum atomic E-state index is 13.4. The van der Waals surface area contributed by atoms with Crippen LogP contribution < -0.4 is 26.2 Å². The average molecular weight is 505 g/mol. The van der Waals surface area contributed by atoms with Crippen LogP contribution in [0.3, 0.4) is 0 Å². The second-order valence-electron chi connectivity index (χ2n) is 8.15. The van der Waals surface area contributed by atoms with E-state index in [1.165, 1.54) is 6.07 Å². The number of anilines is 5. The summed E-state index contributed by atoms with van der Waals surface area (Å²) in [6.07, 6.45) is -0.391. The highest BCUT2D eigenvalue weighted by molar-refractivity contribution is 7.80. The number of aromatic carboxylic acids is 1. The molecule has 5 N–H and O–H groups in total. The van der Waals surface area contributed by atoms with Gasteiger partial charge in [0.15, 0.2) is 6.29 Å². The molecule has 0 aromatic heterocycles. The van der Waals surface area contributed by atoms with Crippen LogP contribution >= 0.6 is 12.6 Å². The molecule has 1 amide bonds. The number of benzene rings is 3.